The van der Waals surface area contributed by atoms with Crippen LogP contribution in [0.2, 0.25) is 5.02 Å². The highest BCUT2D eigenvalue weighted by Crippen LogP contribution is 2.32. The van der Waals surface area contributed by atoms with Gasteiger partial charge in [-0.3, -0.25) is 14.6 Å². The van der Waals surface area contributed by atoms with Crippen LogP contribution >= 0.6 is 23.4 Å². The van der Waals surface area contributed by atoms with Gasteiger partial charge in [0.1, 0.15) is 0 Å². The molecule has 1 N–H and O–H groups in total. The Morgan fingerprint density at radius 3 is 2.54 bits per heavy atom. The molecule has 2 aromatic rings. The van der Waals surface area contributed by atoms with Crippen molar-refractivity contribution in [2.45, 2.75) is 6.42 Å². The number of anilines is 1. The van der Waals surface area contributed by atoms with Crippen LogP contribution in [0.3, 0.4) is 0 Å². The standard InChI is InChI=1S/C18H14ClN3O3S/c19-13-1-3-14(4-2-13)22(10-7-16(23)24)18-21-17(25)15(26-18)11-12-5-8-20-9-6-12/h1-6,8-9,11H,7,10H2,(H,23,24). The summed E-state index contributed by atoms with van der Waals surface area (Å²) < 4.78 is 0. The van der Waals surface area contributed by atoms with Gasteiger partial charge in [-0.05, 0) is 59.8 Å². The smallest absolute Gasteiger partial charge is 0.305 e. The average molecular weight is 388 g/mol. The maximum atomic E-state index is 12.3. The van der Waals surface area contributed by atoms with E-state index in [1.165, 1.54) is 11.8 Å². The monoisotopic (exact) mass is 387 g/mol. The zero-order valence-corrected chi connectivity index (χ0v) is 15.1. The number of amides is 1. The van der Waals surface area contributed by atoms with E-state index in [9.17, 15) is 9.59 Å². The van der Waals surface area contributed by atoms with Crippen molar-refractivity contribution in [1.82, 2.24) is 4.98 Å². The molecular weight excluding hydrogens is 374 g/mol. The van der Waals surface area contributed by atoms with E-state index in [2.05, 4.69) is 9.98 Å². The van der Waals surface area contributed by atoms with Crippen LogP contribution in [0, 0.1) is 0 Å². The molecule has 0 spiro atoms. The number of pyridine rings is 1. The summed E-state index contributed by atoms with van der Waals surface area (Å²) >= 11 is 7.14. The highest BCUT2D eigenvalue weighted by Gasteiger charge is 2.27. The normalized spacial score (nSPS) is 15.2. The second kappa shape index (κ2) is 8.16. The Hall–Kier alpha value is -2.64. The highest BCUT2D eigenvalue weighted by atomic mass is 35.5. The van der Waals surface area contributed by atoms with Crippen molar-refractivity contribution in [2.75, 3.05) is 11.4 Å². The number of carboxylic acids is 1. The molecule has 0 saturated heterocycles. The van der Waals surface area contributed by atoms with Gasteiger partial charge in [0.25, 0.3) is 5.91 Å². The van der Waals surface area contributed by atoms with E-state index in [1.54, 1.807) is 59.8 Å². The Labute approximate surface area is 159 Å². The summed E-state index contributed by atoms with van der Waals surface area (Å²) in [6, 6.07) is 10.5. The van der Waals surface area contributed by atoms with Gasteiger partial charge in [0, 0.05) is 29.6 Å². The van der Waals surface area contributed by atoms with Crippen LogP contribution in [0.4, 0.5) is 5.69 Å². The Balaban J connectivity index is 1.86. The first-order valence-corrected chi connectivity index (χ1v) is 8.90. The zero-order chi connectivity index (χ0) is 18.5. The fraction of sp³-hybridized carbons (Fsp3) is 0.111. The first kappa shape index (κ1) is 18.2. The van der Waals surface area contributed by atoms with E-state index in [1.807, 2.05) is 0 Å². The van der Waals surface area contributed by atoms with E-state index in [-0.39, 0.29) is 18.9 Å². The number of aromatic nitrogens is 1. The van der Waals surface area contributed by atoms with Crippen molar-refractivity contribution in [3.8, 4) is 0 Å². The Bertz CT molecular complexity index is 882. The minimum atomic E-state index is -0.925. The van der Waals surface area contributed by atoms with Crippen LogP contribution in [-0.4, -0.2) is 33.7 Å². The second-order valence-corrected chi connectivity index (χ2v) is 6.81. The van der Waals surface area contributed by atoms with E-state index in [4.69, 9.17) is 16.7 Å². The third-order valence-corrected chi connectivity index (χ3v) is 4.79. The van der Waals surface area contributed by atoms with E-state index in [0.717, 1.165) is 11.3 Å². The minimum Gasteiger partial charge on any atom is -0.481 e. The lowest BCUT2D eigenvalue weighted by molar-refractivity contribution is -0.136. The van der Waals surface area contributed by atoms with Crippen LogP contribution in [0.15, 0.2) is 58.7 Å². The Morgan fingerprint density at radius 1 is 1.19 bits per heavy atom. The number of rotatable bonds is 5. The lowest BCUT2D eigenvalue weighted by atomic mass is 10.2. The fourth-order valence-corrected chi connectivity index (χ4v) is 3.37. The molecule has 132 valence electrons. The summed E-state index contributed by atoms with van der Waals surface area (Å²) in [5.74, 6) is -1.28. The molecule has 0 saturated carbocycles. The van der Waals surface area contributed by atoms with Gasteiger partial charge in [-0.15, -0.1) is 0 Å². The third kappa shape index (κ3) is 4.50. The molecule has 0 bridgehead atoms. The topological polar surface area (TPSA) is 82.9 Å². The number of thioether (sulfide) groups is 1. The molecule has 1 aliphatic heterocycles. The van der Waals surface area contributed by atoms with Crippen LogP contribution in [0.25, 0.3) is 6.08 Å². The number of aliphatic imine (C=N–C) groups is 1. The number of carbonyl (C=O) groups is 2. The number of carboxylic acid groups (broad SMARTS) is 1. The summed E-state index contributed by atoms with van der Waals surface area (Å²) in [7, 11) is 0. The molecule has 26 heavy (non-hydrogen) atoms. The van der Waals surface area contributed by atoms with Gasteiger partial charge in [0.2, 0.25) is 0 Å². The van der Waals surface area contributed by atoms with E-state index in [0.29, 0.717) is 15.1 Å². The van der Waals surface area contributed by atoms with Gasteiger partial charge < -0.3 is 10.0 Å². The number of carbonyl (C=O) groups excluding carboxylic acids is 1. The summed E-state index contributed by atoms with van der Waals surface area (Å²) in [5.41, 5.74) is 1.57. The molecule has 0 atom stereocenters. The van der Waals surface area contributed by atoms with Crippen molar-refractivity contribution in [1.29, 1.82) is 0 Å². The van der Waals surface area contributed by atoms with Gasteiger partial charge in [0.05, 0.1) is 11.3 Å². The molecule has 2 heterocycles. The summed E-state index contributed by atoms with van der Waals surface area (Å²) in [6.07, 6.45) is 4.94. The lowest BCUT2D eigenvalue weighted by Gasteiger charge is -2.22. The molecule has 1 aromatic carbocycles. The number of aliphatic carboxylic acids is 1. The summed E-state index contributed by atoms with van der Waals surface area (Å²) in [5, 5.41) is 10.0. The highest BCUT2D eigenvalue weighted by molar-refractivity contribution is 8.18. The van der Waals surface area contributed by atoms with E-state index >= 15 is 0 Å². The van der Waals surface area contributed by atoms with Crippen molar-refractivity contribution < 1.29 is 14.7 Å². The quantitative estimate of drug-likeness (QED) is 0.788. The van der Waals surface area contributed by atoms with Gasteiger partial charge in [-0.2, -0.15) is 4.99 Å². The first-order chi connectivity index (χ1) is 12.5. The molecule has 1 aromatic heterocycles. The number of halogens is 1. The molecule has 1 aliphatic rings. The van der Waals surface area contributed by atoms with Crippen LogP contribution in [-0.2, 0) is 9.59 Å². The second-order valence-electron chi connectivity index (χ2n) is 5.36. The molecular formula is C18H14ClN3O3S. The number of benzene rings is 1. The molecule has 0 unspecified atom stereocenters. The molecule has 0 fully saturated rings. The van der Waals surface area contributed by atoms with Gasteiger partial charge in [-0.25, -0.2) is 0 Å². The van der Waals surface area contributed by atoms with Crippen molar-refractivity contribution >= 4 is 52.2 Å². The first-order valence-electron chi connectivity index (χ1n) is 7.70. The van der Waals surface area contributed by atoms with Crippen LogP contribution < -0.4 is 4.90 Å². The largest absolute Gasteiger partial charge is 0.481 e. The number of hydrogen-bond acceptors (Lipinski definition) is 5. The van der Waals surface area contributed by atoms with E-state index < -0.39 is 5.97 Å². The number of amidine groups is 1. The lowest BCUT2D eigenvalue weighted by Crippen LogP contribution is -2.30. The maximum absolute atomic E-state index is 12.3. The maximum Gasteiger partial charge on any atom is 0.305 e. The molecule has 8 heteroatoms. The van der Waals surface area contributed by atoms with Crippen molar-refractivity contribution in [3.05, 3.63) is 64.3 Å². The Kier molecular flexibility index (Phi) is 5.70. The molecule has 0 aliphatic carbocycles. The minimum absolute atomic E-state index is 0.0835. The fourth-order valence-electron chi connectivity index (χ4n) is 2.29. The third-order valence-electron chi connectivity index (χ3n) is 3.53. The Morgan fingerprint density at radius 2 is 1.88 bits per heavy atom. The number of nitrogens with zero attached hydrogens (tertiary/aromatic N) is 3. The van der Waals surface area contributed by atoms with Crippen molar-refractivity contribution in [2.24, 2.45) is 4.99 Å². The predicted octanol–water partition coefficient (Wildman–Crippen LogP) is 3.69. The number of hydrogen-bond donors (Lipinski definition) is 1. The van der Waals surface area contributed by atoms with Crippen LogP contribution in [0.5, 0.6) is 0 Å². The molecule has 0 radical (unpaired) electrons. The SMILES string of the molecule is O=C(O)CCN(C1=NC(=O)C(=Cc2ccncc2)S1)c1ccc(Cl)cc1. The average Bonchev–Trinajstić information content (AvgIpc) is 2.97. The molecule has 3 rings (SSSR count). The predicted molar refractivity (Wildman–Crippen MR) is 103 cm³/mol. The van der Waals surface area contributed by atoms with Gasteiger partial charge in [0.15, 0.2) is 5.17 Å². The van der Waals surface area contributed by atoms with Crippen molar-refractivity contribution in [3.63, 3.8) is 0 Å². The van der Waals surface area contributed by atoms with Gasteiger partial charge >= 0.3 is 5.97 Å². The van der Waals surface area contributed by atoms with Gasteiger partial charge in [-0.1, -0.05) is 11.6 Å². The molecule has 1 amide bonds. The van der Waals surface area contributed by atoms with Crippen LogP contribution in [0.1, 0.15) is 12.0 Å². The summed E-state index contributed by atoms with van der Waals surface area (Å²) in [6.45, 7) is 0.193. The molecule has 6 nitrogen and oxygen atoms in total. The summed E-state index contributed by atoms with van der Waals surface area (Å²) in [4.78, 5) is 33.5. The zero-order valence-electron chi connectivity index (χ0n) is 13.5.